The zero-order chi connectivity index (χ0) is 14.7. The second kappa shape index (κ2) is 5.25. The van der Waals surface area contributed by atoms with Crippen LogP contribution >= 0.6 is 0 Å². The molecule has 0 N–H and O–H groups in total. The largest absolute Gasteiger partial charge is 0.497 e. The van der Waals surface area contributed by atoms with Crippen LogP contribution in [0.1, 0.15) is 6.92 Å². The summed E-state index contributed by atoms with van der Waals surface area (Å²) < 4.78 is 5.04. The van der Waals surface area contributed by atoms with Gasteiger partial charge in [0.2, 0.25) is 0 Å². The second-order valence-electron chi connectivity index (χ2n) is 3.97. The first kappa shape index (κ1) is 13.3. The molecule has 0 radical (unpaired) electrons. The van der Waals surface area contributed by atoms with Gasteiger partial charge in [0.15, 0.2) is 0 Å². The van der Waals surface area contributed by atoms with Gasteiger partial charge < -0.3 is 4.74 Å². The van der Waals surface area contributed by atoms with Crippen LogP contribution in [0.2, 0.25) is 0 Å². The van der Waals surface area contributed by atoms with Gasteiger partial charge in [0.25, 0.3) is 5.91 Å². The molecule has 0 unspecified atom stereocenters. The predicted molar refractivity (Wildman–Crippen MR) is 71.8 cm³/mol. The van der Waals surface area contributed by atoms with E-state index in [9.17, 15) is 4.79 Å². The van der Waals surface area contributed by atoms with E-state index in [2.05, 4.69) is 5.10 Å². The third-order valence-electron chi connectivity index (χ3n) is 2.81. The molecule has 20 heavy (non-hydrogen) atoms. The number of carbonyl (C=O) groups excluding carboxylic acids is 1. The lowest BCUT2D eigenvalue weighted by Gasteiger charge is -2.12. The van der Waals surface area contributed by atoms with E-state index in [-0.39, 0.29) is 11.1 Å². The van der Waals surface area contributed by atoms with Crippen LogP contribution in [0.3, 0.4) is 0 Å². The van der Waals surface area contributed by atoms with Gasteiger partial charge in [-0.2, -0.15) is 20.6 Å². The molecule has 6 nitrogen and oxygen atoms in total. The van der Waals surface area contributed by atoms with Crippen molar-refractivity contribution in [2.24, 2.45) is 5.10 Å². The fraction of sp³-hybridized carbons (Fsp3) is 0.143. The standard InChI is InChI=1S/C14H10N4O2/c1-9-13(10(7-15)8-16)14(19)18(17-9)11-3-5-12(20-2)6-4-11/h3-6H,1-2H3. The second-order valence-corrected chi connectivity index (χ2v) is 3.97. The molecular weight excluding hydrogens is 256 g/mol. The van der Waals surface area contributed by atoms with E-state index in [0.717, 1.165) is 0 Å². The number of allylic oxidation sites excluding steroid dienone is 1. The molecule has 6 heteroatoms. The summed E-state index contributed by atoms with van der Waals surface area (Å²) >= 11 is 0. The van der Waals surface area contributed by atoms with E-state index in [1.54, 1.807) is 50.4 Å². The van der Waals surface area contributed by atoms with Crippen LogP contribution in [0.15, 0.2) is 40.5 Å². The molecule has 0 aromatic heterocycles. The molecular formula is C14H10N4O2. The third-order valence-corrected chi connectivity index (χ3v) is 2.81. The number of amides is 1. The number of nitrogens with zero attached hydrogens (tertiary/aromatic N) is 4. The Labute approximate surface area is 115 Å². The van der Waals surface area contributed by atoms with Gasteiger partial charge in [-0.25, -0.2) is 0 Å². The molecule has 0 saturated heterocycles. The van der Waals surface area contributed by atoms with Crippen molar-refractivity contribution in [2.45, 2.75) is 6.92 Å². The van der Waals surface area contributed by atoms with Crippen molar-refractivity contribution in [1.29, 1.82) is 10.5 Å². The fourth-order valence-electron chi connectivity index (χ4n) is 1.83. The van der Waals surface area contributed by atoms with Crippen LogP contribution in [0.5, 0.6) is 5.75 Å². The van der Waals surface area contributed by atoms with Gasteiger partial charge >= 0.3 is 0 Å². The van der Waals surface area contributed by atoms with Crippen LogP contribution in [0.4, 0.5) is 5.69 Å². The highest BCUT2D eigenvalue weighted by atomic mass is 16.5. The van der Waals surface area contributed by atoms with Crippen molar-refractivity contribution in [3.05, 3.63) is 35.4 Å². The molecule has 0 fully saturated rings. The Morgan fingerprint density at radius 3 is 2.35 bits per heavy atom. The smallest absolute Gasteiger partial charge is 0.282 e. The normalized spacial score (nSPS) is 13.6. The number of hydrazone groups is 1. The van der Waals surface area contributed by atoms with Crippen LogP contribution < -0.4 is 9.75 Å². The van der Waals surface area contributed by atoms with Gasteiger partial charge in [-0.15, -0.1) is 0 Å². The molecule has 1 aromatic rings. The van der Waals surface area contributed by atoms with Crippen molar-refractivity contribution in [1.82, 2.24) is 0 Å². The summed E-state index contributed by atoms with van der Waals surface area (Å²) in [5, 5.41) is 23.0. The number of hydrogen-bond acceptors (Lipinski definition) is 5. The summed E-state index contributed by atoms with van der Waals surface area (Å²) in [6.45, 7) is 1.59. The van der Waals surface area contributed by atoms with Gasteiger partial charge in [-0.3, -0.25) is 4.79 Å². The van der Waals surface area contributed by atoms with E-state index < -0.39 is 5.91 Å². The Morgan fingerprint density at radius 2 is 1.85 bits per heavy atom. The minimum Gasteiger partial charge on any atom is -0.497 e. The summed E-state index contributed by atoms with van der Waals surface area (Å²) in [5.41, 5.74) is 0.711. The maximum atomic E-state index is 12.3. The van der Waals surface area contributed by atoms with Crippen LogP contribution in [-0.4, -0.2) is 18.7 Å². The SMILES string of the molecule is COc1ccc(N2N=C(C)C(=C(C#N)C#N)C2=O)cc1. The quantitative estimate of drug-likeness (QED) is 0.602. The molecule has 0 saturated carbocycles. The molecule has 0 atom stereocenters. The van der Waals surface area contributed by atoms with Crippen LogP contribution in [-0.2, 0) is 4.79 Å². The van der Waals surface area contributed by atoms with Crippen LogP contribution in [0.25, 0.3) is 0 Å². The summed E-state index contributed by atoms with van der Waals surface area (Å²) in [6, 6.07) is 10.2. The minimum atomic E-state index is -0.481. The number of ether oxygens (including phenoxy) is 1. The zero-order valence-corrected chi connectivity index (χ0v) is 10.9. The molecule has 1 aromatic carbocycles. The minimum absolute atomic E-state index is 0.0471. The van der Waals surface area contributed by atoms with E-state index in [4.69, 9.17) is 15.3 Å². The van der Waals surface area contributed by atoms with E-state index in [0.29, 0.717) is 17.1 Å². The fourth-order valence-corrected chi connectivity index (χ4v) is 1.83. The Bertz CT molecular complexity index is 686. The number of methoxy groups -OCH3 is 1. The molecule has 2 rings (SSSR count). The first-order valence-electron chi connectivity index (χ1n) is 5.71. The first-order chi connectivity index (χ1) is 9.62. The van der Waals surface area contributed by atoms with E-state index >= 15 is 0 Å². The molecule has 98 valence electrons. The lowest BCUT2D eigenvalue weighted by atomic mass is 10.1. The van der Waals surface area contributed by atoms with Gasteiger partial charge in [-0.05, 0) is 31.2 Å². The number of carbonyl (C=O) groups is 1. The van der Waals surface area contributed by atoms with E-state index in [1.165, 1.54) is 5.01 Å². The Hall–Kier alpha value is -3.12. The molecule has 0 spiro atoms. The number of hydrogen-bond donors (Lipinski definition) is 0. The Balaban J connectivity index is 2.43. The Morgan fingerprint density at radius 1 is 1.25 bits per heavy atom. The number of nitriles is 2. The van der Waals surface area contributed by atoms with Crippen LogP contribution in [0, 0.1) is 22.7 Å². The van der Waals surface area contributed by atoms with Gasteiger partial charge in [-0.1, -0.05) is 0 Å². The summed E-state index contributed by atoms with van der Waals surface area (Å²) in [7, 11) is 1.55. The Kier molecular flexibility index (Phi) is 3.49. The lowest BCUT2D eigenvalue weighted by Crippen LogP contribution is -2.22. The zero-order valence-electron chi connectivity index (χ0n) is 10.9. The van der Waals surface area contributed by atoms with Crippen molar-refractivity contribution >= 4 is 17.3 Å². The average Bonchev–Trinajstić information content (AvgIpc) is 2.77. The molecule has 1 aliphatic heterocycles. The van der Waals surface area contributed by atoms with Crippen molar-refractivity contribution < 1.29 is 9.53 Å². The van der Waals surface area contributed by atoms with Crippen molar-refractivity contribution in [3.63, 3.8) is 0 Å². The summed E-state index contributed by atoms with van der Waals surface area (Å²) in [4.78, 5) is 12.3. The number of rotatable bonds is 2. The summed E-state index contributed by atoms with van der Waals surface area (Å²) in [6.07, 6.45) is 0. The highest BCUT2D eigenvalue weighted by Crippen LogP contribution is 2.26. The maximum absolute atomic E-state index is 12.3. The third kappa shape index (κ3) is 2.11. The molecule has 1 heterocycles. The molecule has 1 aliphatic rings. The predicted octanol–water partition coefficient (Wildman–Crippen LogP) is 1.76. The van der Waals surface area contributed by atoms with Gasteiger partial charge in [0.05, 0.1) is 24.1 Å². The molecule has 0 bridgehead atoms. The number of anilines is 1. The first-order valence-corrected chi connectivity index (χ1v) is 5.71. The molecule has 1 amide bonds. The average molecular weight is 266 g/mol. The van der Waals surface area contributed by atoms with E-state index in [1.807, 2.05) is 0 Å². The number of benzene rings is 1. The van der Waals surface area contributed by atoms with Crippen molar-refractivity contribution in [2.75, 3.05) is 12.1 Å². The van der Waals surface area contributed by atoms with Gasteiger partial charge in [0, 0.05) is 0 Å². The molecule has 0 aliphatic carbocycles. The highest BCUT2D eigenvalue weighted by Gasteiger charge is 2.31. The summed E-state index contributed by atoms with van der Waals surface area (Å²) in [5.74, 6) is 0.178. The maximum Gasteiger partial charge on any atom is 0.282 e. The lowest BCUT2D eigenvalue weighted by molar-refractivity contribution is -0.114. The topological polar surface area (TPSA) is 89.5 Å². The highest BCUT2D eigenvalue weighted by molar-refractivity contribution is 6.30. The monoisotopic (exact) mass is 266 g/mol. The van der Waals surface area contributed by atoms with Gasteiger partial charge in [0.1, 0.15) is 23.5 Å². The van der Waals surface area contributed by atoms with Crippen molar-refractivity contribution in [3.8, 4) is 17.9 Å².